The number of hydrogen-bond donors (Lipinski definition) is 0. The Morgan fingerprint density at radius 2 is 1.85 bits per heavy atom. The molecule has 0 N–H and O–H groups in total. The van der Waals surface area contributed by atoms with Crippen LogP contribution in [0, 0.1) is 13.8 Å². The van der Waals surface area contributed by atoms with Crippen molar-refractivity contribution < 1.29 is 4.42 Å². The minimum Gasteiger partial charge on any atom is -0.420 e. The highest BCUT2D eigenvalue weighted by molar-refractivity contribution is 9.10. The molecule has 0 spiro atoms. The van der Waals surface area contributed by atoms with Gasteiger partial charge in [-0.25, -0.2) is 4.98 Å². The third-order valence-electron chi connectivity index (χ3n) is 4.26. The minimum absolute atomic E-state index is 0.524. The Morgan fingerprint density at radius 3 is 2.63 bits per heavy atom. The molecule has 0 unspecified atom stereocenters. The van der Waals surface area contributed by atoms with E-state index in [1.165, 1.54) is 11.1 Å². The van der Waals surface area contributed by atoms with Gasteiger partial charge in [0.15, 0.2) is 5.16 Å². The number of nitrogens with zero attached hydrogens (tertiary/aromatic N) is 4. The van der Waals surface area contributed by atoms with E-state index >= 15 is 0 Å². The van der Waals surface area contributed by atoms with Gasteiger partial charge in [-0.2, -0.15) is 0 Å². The Balaban J connectivity index is 1.49. The van der Waals surface area contributed by atoms with Crippen molar-refractivity contribution in [3.8, 4) is 17.1 Å². The highest BCUT2D eigenvalue weighted by atomic mass is 79.9. The second-order valence-electron chi connectivity index (χ2n) is 6.14. The lowest BCUT2D eigenvalue weighted by atomic mass is 10.1. The molecule has 5 nitrogen and oxygen atoms in total. The van der Waals surface area contributed by atoms with Gasteiger partial charge in [0.2, 0.25) is 11.8 Å². The fourth-order valence-electron chi connectivity index (χ4n) is 2.62. The molecule has 27 heavy (non-hydrogen) atoms. The summed E-state index contributed by atoms with van der Waals surface area (Å²) in [4.78, 5) is 4.47. The van der Waals surface area contributed by atoms with Crippen LogP contribution in [-0.4, -0.2) is 19.7 Å². The summed E-state index contributed by atoms with van der Waals surface area (Å²) >= 11 is 5.00. The van der Waals surface area contributed by atoms with Crippen LogP contribution in [0.3, 0.4) is 0 Å². The number of rotatable bonds is 5. The van der Waals surface area contributed by atoms with E-state index in [0.29, 0.717) is 17.5 Å². The molecule has 2 heterocycles. The SMILES string of the molecule is Cc1ccc(-n2ccnc2SCc2nnc(-c3ccc(Br)cc3)o2)cc1C. The molecule has 0 amide bonds. The van der Waals surface area contributed by atoms with Gasteiger partial charge in [0.05, 0.1) is 5.75 Å². The van der Waals surface area contributed by atoms with E-state index in [1.54, 1.807) is 18.0 Å². The predicted molar refractivity (Wildman–Crippen MR) is 110 cm³/mol. The molecule has 0 aliphatic heterocycles. The number of aromatic nitrogens is 4. The molecule has 0 atom stereocenters. The molecule has 0 radical (unpaired) electrons. The Morgan fingerprint density at radius 1 is 1.04 bits per heavy atom. The van der Waals surface area contributed by atoms with E-state index in [4.69, 9.17) is 4.42 Å². The smallest absolute Gasteiger partial charge is 0.247 e. The number of hydrogen-bond acceptors (Lipinski definition) is 5. The molecule has 4 aromatic rings. The Labute approximate surface area is 170 Å². The molecule has 0 saturated heterocycles. The normalized spacial score (nSPS) is 11.1. The van der Waals surface area contributed by atoms with Gasteiger partial charge >= 0.3 is 0 Å². The van der Waals surface area contributed by atoms with Crippen LogP contribution < -0.4 is 0 Å². The van der Waals surface area contributed by atoms with Crippen molar-refractivity contribution in [2.24, 2.45) is 0 Å². The molecule has 4 rings (SSSR count). The average Bonchev–Trinajstić information content (AvgIpc) is 3.32. The van der Waals surface area contributed by atoms with Crippen molar-refractivity contribution in [2.75, 3.05) is 0 Å². The number of benzene rings is 2. The molecule has 0 aliphatic carbocycles. The first-order valence-corrected chi connectivity index (χ1v) is 10.2. The van der Waals surface area contributed by atoms with Gasteiger partial charge in [0, 0.05) is 28.1 Å². The Bertz CT molecular complexity index is 1070. The standard InChI is InChI=1S/C20H17BrN4OS/c1-13-3-8-17(11-14(13)2)25-10-9-22-20(25)27-12-18-23-24-19(26-18)15-4-6-16(21)7-5-15/h3-11H,12H2,1-2H3. The first kappa shape index (κ1) is 18.0. The summed E-state index contributed by atoms with van der Waals surface area (Å²) in [6.45, 7) is 4.23. The molecular formula is C20H17BrN4OS. The van der Waals surface area contributed by atoms with Crippen molar-refractivity contribution in [3.63, 3.8) is 0 Å². The van der Waals surface area contributed by atoms with Gasteiger partial charge in [0.25, 0.3) is 0 Å². The van der Waals surface area contributed by atoms with Crippen LogP contribution in [0.4, 0.5) is 0 Å². The van der Waals surface area contributed by atoms with Gasteiger partial charge in [-0.05, 0) is 61.4 Å². The third-order valence-corrected chi connectivity index (χ3v) is 5.74. The molecule has 136 valence electrons. The lowest BCUT2D eigenvalue weighted by Gasteiger charge is -2.09. The monoisotopic (exact) mass is 440 g/mol. The first-order chi connectivity index (χ1) is 13.1. The van der Waals surface area contributed by atoms with Crippen LogP contribution in [-0.2, 0) is 5.75 Å². The summed E-state index contributed by atoms with van der Waals surface area (Å²) in [7, 11) is 0. The van der Waals surface area contributed by atoms with E-state index in [2.05, 4.69) is 67.7 Å². The van der Waals surface area contributed by atoms with E-state index in [-0.39, 0.29) is 0 Å². The van der Waals surface area contributed by atoms with E-state index in [1.807, 2.05) is 30.5 Å². The minimum atomic E-state index is 0.524. The second-order valence-corrected chi connectivity index (χ2v) is 8.00. The van der Waals surface area contributed by atoms with Crippen LogP contribution in [0.15, 0.2) is 68.9 Å². The van der Waals surface area contributed by atoms with Crippen molar-refractivity contribution in [1.29, 1.82) is 0 Å². The zero-order valence-corrected chi connectivity index (χ0v) is 17.3. The summed E-state index contributed by atoms with van der Waals surface area (Å²) in [5, 5.41) is 9.19. The summed E-state index contributed by atoms with van der Waals surface area (Å²) in [6, 6.07) is 14.2. The van der Waals surface area contributed by atoms with Crippen LogP contribution in [0.1, 0.15) is 17.0 Å². The van der Waals surface area contributed by atoms with Gasteiger partial charge in [0.1, 0.15) is 0 Å². The number of halogens is 1. The molecule has 0 aliphatic rings. The van der Waals surface area contributed by atoms with Gasteiger partial charge in [-0.3, -0.25) is 4.57 Å². The summed E-state index contributed by atoms with van der Waals surface area (Å²) < 4.78 is 8.88. The van der Waals surface area contributed by atoms with E-state index in [9.17, 15) is 0 Å². The predicted octanol–water partition coefficient (Wildman–Crippen LogP) is 5.59. The van der Waals surface area contributed by atoms with Crippen LogP contribution in [0.2, 0.25) is 0 Å². The zero-order chi connectivity index (χ0) is 18.8. The Kier molecular flexibility index (Phi) is 5.13. The number of imidazole rings is 1. The van der Waals surface area contributed by atoms with Gasteiger partial charge in [-0.1, -0.05) is 33.8 Å². The number of thioether (sulfide) groups is 1. The van der Waals surface area contributed by atoms with Gasteiger partial charge in [-0.15, -0.1) is 10.2 Å². The maximum atomic E-state index is 5.79. The van der Waals surface area contributed by atoms with Crippen molar-refractivity contribution >= 4 is 27.7 Å². The molecule has 0 bridgehead atoms. The zero-order valence-electron chi connectivity index (χ0n) is 14.9. The summed E-state index contributed by atoms with van der Waals surface area (Å²) in [5.41, 5.74) is 4.53. The van der Waals surface area contributed by atoms with E-state index < -0.39 is 0 Å². The van der Waals surface area contributed by atoms with Crippen LogP contribution >= 0.6 is 27.7 Å². The highest BCUT2D eigenvalue weighted by Crippen LogP contribution is 2.26. The molecular weight excluding hydrogens is 424 g/mol. The van der Waals surface area contributed by atoms with Crippen LogP contribution in [0.5, 0.6) is 0 Å². The third kappa shape index (κ3) is 3.99. The molecule has 2 aromatic heterocycles. The fourth-order valence-corrected chi connectivity index (χ4v) is 3.69. The molecule has 0 fully saturated rings. The largest absolute Gasteiger partial charge is 0.420 e. The highest BCUT2D eigenvalue weighted by Gasteiger charge is 2.12. The molecule has 7 heteroatoms. The maximum Gasteiger partial charge on any atom is 0.247 e. The number of aryl methyl sites for hydroxylation is 2. The van der Waals surface area contributed by atoms with E-state index in [0.717, 1.165) is 20.9 Å². The first-order valence-electron chi connectivity index (χ1n) is 8.42. The Hall–Kier alpha value is -2.38. The lowest BCUT2D eigenvalue weighted by Crippen LogP contribution is -1.96. The van der Waals surface area contributed by atoms with Crippen molar-refractivity contribution in [1.82, 2.24) is 19.7 Å². The van der Waals surface area contributed by atoms with Crippen LogP contribution in [0.25, 0.3) is 17.1 Å². The average molecular weight is 441 g/mol. The summed E-state index contributed by atoms with van der Waals surface area (Å²) in [5.74, 6) is 1.66. The van der Waals surface area contributed by atoms with Crippen molar-refractivity contribution in [3.05, 3.63) is 76.3 Å². The maximum absolute atomic E-state index is 5.79. The second kappa shape index (κ2) is 7.70. The fraction of sp³-hybridized carbons (Fsp3) is 0.150. The quantitative estimate of drug-likeness (QED) is 0.378. The lowest BCUT2D eigenvalue weighted by molar-refractivity contribution is 0.528. The summed E-state index contributed by atoms with van der Waals surface area (Å²) in [6.07, 6.45) is 3.77. The van der Waals surface area contributed by atoms with Gasteiger partial charge < -0.3 is 4.42 Å². The van der Waals surface area contributed by atoms with Crippen molar-refractivity contribution in [2.45, 2.75) is 24.8 Å². The topological polar surface area (TPSA) is 56.7 Å². The molecule has 2 aromatic carbocycles. The molecule has 0 saturated carbocycles.